The zero-order valence-corrected chi connectivity index (χ0v) is 15.8. The molecule has 0 atom stereocenters. The van der Waals surface area contributed by atoms with Crippen molar-refractivity contribution in [3.8, 4) is 40.1 Å². The fraction of sp³-hybridized carbons (Fsp3) is 0.200. The van der Waals surface area contributed by atoms with Crippen LogP contribution in [0.3, 0.4) is 0 Å². The number of benzene rings is 2. The molecule has 3 aromatic rings. The first-order valence-electron chi connectivity index (χ1n) is 8.34. The normalized spacial score (nSPS) is 10.6. The summed E-state index contributed by atoms with van der Waals surface area (Å²) in [5.74, 6) is -0.804. The van der Waals surface area contributed by atoms with Gasteiger partial charge in [0.15, 0.2) is 35.0 Å². The van der Waals surface area contributed by atoms with Gasteiger partial charge in [0.25, 0.3) is 0 Å². The van der Waals surface area contributed by atoms with Crippen molar-refractivity contribution in [2.75, 3.05) is 27.9 Å². The summed E-state index contributed by atoms with van der Waals surface area (Å²) >= 11 is 0. The zero-order valence-electron chi connectivity index (χ0n) is 15.8. The maximum absolute atomic E-state index is 12.7. The number of carboxylic acid groups (broad SMARTS) is 1. The number of ether oxygens (including phenoxy) is 4. The van der Waals surface area contributed by atoms with Crippen LogP contribution in [0.1, 0.15) is 0 Å². The fourth-order valence-corrected chi connectivity index (χ4v) is 2.84. The van der Waals surface area contributed by atoms with Gasteiger partial charge in [0.1, 0.15) is 16.7 Å². The van der Waals surface area contributed by atoms with Crippen LogP contribution in [0.25, 0.3) is 22.3 Å². The Bertz CT molecular complexity index is 1130. The molecule has 0 bridgehead atoms. The van der Waals surface area contributed by atoms with E-state index < -0.39 is 23.8 Å². The Kier molecular flexibility index (Phi) is 5.49. The van der Waals surface area contributed by atoms with Gasteiger partial charge in [0.05, 0.1) is 21.3 Å². The molecule has 0 amide bonds. The number of phenols is 1. The number of phenolic OH excluding ortho intramolecular Hbond substituents is 1. The second-order valence-electron chi connectivity index (χ2n) is 5.86. The zero-order chi connectivity index (χ0) is 21.1. The molecule has 0 saturated heterocycles. The van der Waals surface area contributed by atoms with Gasteiger partial charge in [0.2, 0.25) is 5.75 Å². The van der Waals surface area contributed by atoms with E-state index in [1.54, 1.807) is 18.2 Å². The largest absolute Gasteiger partial charge is 0.504 e. The first kappa shape index (κ1) is 19.9. The minimum atomic E-state index is -1.22. The highest BCUT2D eigenvalue weighted by Gasteiger charge is 2.21. The Balaban J connectivity index is 2.20. The van der Waals surface area contributed by atoms with Crippen LogP contribution in [0, 0.1) is 0 Å². The molecule has 0 aliphatic heterocycles. The summed E-state index contributed by atoms with van der Waals surface area (Å²) in [6, 6.07) is 7.49. The minimum Gasteiger partial charge on any atom is -0.504 e. The molecule has 0 unspecified atom stereocenters. The van der Waals surface area contributed by atoms with Crippen LogP contribution in [0.2, 0.25) is 0 Å². The summed E-state index contributed by atoms with van der Waals surface area (Å²) in [6.45, 7) is -0.666. The lowest BCUT2D eigenvalue weighted by molar-refractivity contribution is -0.139. The predicted molar refractivity (Wildman–Crippen MR) is 102 cm³/mol. The summed E-state index contributed by atoms with van der Waals surface area (Å²) in [5.41, 5.74) is 0.0163. The van der Waals surface area contributed by atoms with Crippen molar-refractivity contribution in [1.82, 2.24) is 0 Å². The highest BCUT2D eigenvalue weighted by atomic mass is 16.5. The molecule has 0 saturated carbocycles. The molecule has 2 aromatic carbocycles. The Hall–Kier alpha value is -3.88. The van der Waals surface area contributed by atoms with Crippen molar-refractivity contribution < 1.29 is 38.4 Å². The molecule has 1 aromatic heterocycles. The van der Waals surface area contributed by atoms with E-state index in [0.29, 0.717) is 17.1 Å². The highest BCUT2D eigenvalue weighted by molar-refractivity contribution is 5.89. The van der Waals surface area contributed by atoms with E-state index in [4.69, 9.17) is 28.5 Å². The van der Waals surface area contributed by atoms with E-state index in [2.05, 4.69) is 0 Å². The summed E-state index contributed by atoms with van der Waals surface area (Å²) in [5, 5.41) is 19.1. The molecule has 2 N–H and O–H groups in total. The van der Waals surface area contributed by atoms with Gasteiger partial charge >= 0.3 is 5.97 Å². The molecular formula is C20H18O9. The number of aromatic hydroxyl groups is 1. The van der Waals surface area contributed by atoms with Crippen molar-refractivity contribution in [1.29, 1.82) is 0 Å². The average molecular weight is 402 g/mol. The molecule has 9 heteroatoms. The number of aliphatic carboxylic acids is 1. The van der Waals surface area contributed by atoms with E-state index in [0.717, 1.165) is 0 Å². The van der Waals surface area contributed by atoms with Gasteiger partial charge in [-0.05, 0) is 18.2 Å². The first-order valence-corrected chi connectivity index (χ1v) is 8.34. The molecule has 0 aliphatic rings. The molecule has 0 fully saturated rings. The lowest BCUT2D eigenvalue weighted by atomic mass is 10.1. The lowest BCUT2D eigenvalue weighted by Gasteiger charge is -2.13. The molecule has 0 radical (unpaired) electrons. The van der Waals surface area contributed by atoms with Gasteiger partial charge in [-0.1, -0.05) is 0 Å². The van der Waals surface area contributed by atoms with Gasteiger partial charge < -0.3 is 33.6 Å². The van der Waals surface area contributed by atoms with Crippen LogP contribution < -0.4 is 24.4 Å². The quantitative estimate of drug-likeness (QED) is 0.613. The van der Waals surface area contributed by atoms with Crippen molar-refractivity contribution >= 4 is 16.9 Å². The monoisotopic (exact) mass is 402 g/mol. The van der Waals surface area contributed by atoms with E-state index in [-0.39, 0.29) is 28.2 Å². The topological polar surface area (TPSA) is 125 Å². The van der Waals surface area contributed by atoms with E-state index in [1.807, 2.05) is 0 Å². The second kappa shape index (κ2) is 8.01. The van der Waals surface area contributed by atoms with Crippen LogP contribution >= 0.6 is 0 Å². The maximum atomic E-state index is 12.7. The number of methoxy groups -OCH3 is 3. The number of fused-ring (bicyclic) bond motifs is 1. The maximum Gasteiger partial charge on any atom is 0.341 e. The SMILES string of the molecule is COc1ccc(-c2cc(=O)c3c(O)c(OC)c(OCC(=O)O)cc3o2)cc1OC. The first-order chi connectivity index (χ1) is 13.9. The van der Waals surface area contributed by atoms with Crippen LogP contribution in [0.4, 0.5) is 0 Å². The molecule has 9 nitrogen and oxygen atoms in total. The van der Waals surface area contributed by atoms with Gasteiger partial charge in [0, 0.05) is 17.7 Å². The number of carbonyl (C=O) groups is 1. The summed E-state index contributed by atoms with van der Waals surface area (Å²) < 4.78 is 26.5. The standard InChI is InChI=1S/C20H18O9/c1-25-12-5-4-10(6-14(12)26-2)13-7-11(21)18-15(29-13)8-16(28-9-17(22)23)20(27-3)19(18)24/h4-8,24H,9H2,1-3H3,(H,22,23). The molecule has 0 aliphatic carbocycles. The number of rotatable bonds is 7. The van der Waals surface area contributed by atoms with Crippen LogP contribution in [0.15, 0.2) is 39.5 Å². The van der Waals surface area contributed by atoms with Crippen LogP contribution in [0.5, 0.6) is 28.7 Å². The predicted octanol–water partition coefficient (Wildman–Crippen LogP) is 2.65. The second-order valence-corrected chi connectivity index (χ2v) is 5.86. The third kappa shape index (κ3) is 3.75. The Morgan fingerprint density at radius 2 is 1.72 bits per heavy atom. The summed E-state index contributed by atoms with van der Waals surface area (Å²) in [7, 11) is 4.24. The number of hydrogen-bond donors (Lipinski definition) is 2. The smallest absolute Gasteiger partial charge is 0.341 e. The van der Waals surface area contributed by atoms with Crippen molar-refractivity contribution in [3.63, 3.8) is 0 Å². The summed E-state index contributed by atoms with van der Waals surface area (Å²) in [4.78, 5) is 23.5. The van der Waals surface area contributed by atoms with Gasteiger partial charge in [-0.3, -0.25) is 4.79 Å². The Morgan fingerprint density at radius 1 is 1.00 bits per heavy atom. The van der Waals surface area contributed by atoms with E-state index in [1.165, 1.54) is 33.5 Å². The van der Waals surface area contributed by atoms with Crippen molar-refractivity contribution in [3.05, 3.63) is 40.6 Å². The average Bonchev–Trinajstić information content (AvgIpc) is 2.71. The summed E-state index contributed by atoms with van der Waals surface area (Å²) in [6.07, 6.45) is 0. The highest BCUT2D eigenvalue weighted by Crippen LogP contribution is 2.42. The van der Waals surface area contributed by atoms with Crippen molar-refractivity contribution in [2.45, 2.75) is 0 Å². The number of carboxylic acids is 1. The van der Waals surface area contributed by atoms with Crippen molar-refractivity contribution in [2.24, 2.45) is 0 Å². The lowest BCUT2D eigenvalue weighted by Crippen LogP contribution is -2.10. The Morgan fingerprint density at radius 3 is 2.34 bits per heavy atom. The Labute approximate surface area is 164 Å². The molecule has 1 heterocycles. The van der Waals surface area contributed by atoms with Gasteiger partial charge in [-0.25, -0.2) is 4.79 Å². The molecular weight excluding hydrogens is 384 g/mol. The van der Waals surface area contributed by atoms with Gasteiger partial charge in [-0.2, -0.15) is 0 Å². The number of hydrogen-bond acceptors (Lipinski definition) is 8. The molecule has 29 heavy (non-hydrogen) atoms. The van der Waals surface area contributed by atoms with E-state index >= 15 is 0 Å². The van der Waals surface area contributed by atoms with E-state index in [9.17, 15) is 14.7 Å². The van der Waals surface area contributed by atoms with Crippen LogP contribution in [-0.2, 0) is 4.79 Å². The molecule has 152 valence electrons. The molecule has 0 spiro atoms. The minimum absolute atomic E-state index is 0.000902. The third-order valence-electron chi connectivity index (χ3n) is 4.14. The third-order valence-corrected chi connectivity index (χ3v) is 4.14. The van der Waals surface area contributed by atoms with Gasteiger partial charge in [-0.15, -0.1) is 0 Å². The molecule has 3 rings (SSSR count). The van der Waals surface area contributed by atoms with Crippen LogP contribution in [-0.4, -0.2) is 44.1 Å². The fourth-order valence-electron chi connectivity index (χ4n) is 2.84.